The molecule has 0 aromatic carbocycles. The van der Waals surface area contributed by atoms with Gasteiger partial charge in [-0.25, -0.2) is 0 Å². The third-order valence-electron chi connectivity index (χ3n) is 5.50. The summed E-state index contributed by atoms with van der Waals surface area (Å²) >= 11 is 0. The lowest BCUT2D eigenvalue weighted by Gasteiger charge is -2.34. The van der Waals surface area contributed by atoms with Gasteiger partial charge in [0, 0.05) is 26.6 Å². The highest BCUT2D eigenvalue weighted by Gasteiger charge is 2.46. The van der Waals surface area contributed by atoms with Crippen molar-refractivity contribution in [2.45, 2.75) is 52.4 Å². The summed E-state index contributed by atoms with van der Waals surface area (Å²) in [5.74, 6) is -0.282. The van der Waals surface area contributed by atoms with Crippen LogP contribution in [0.15, 0.2) is 0 Å². The maximum Gasteiger partial charge on any atom is 0.313 e. The van der Waals surface area contributed by atoms with Crippen LogP contribution < -0.4 is 0 Å². The Kier molecular flexibility index (Phi) is 5.15. The number of ether oxygens (including phenoxy) is 1. The van der Waals surface area contributed by atoms with Crippen molar-refractivity contribution >= 4 is 11.9 Å². The minimum Gasteiger partial charge on any atom is -0.481 e. The summed E-state index contributed by atoms with van der Waals surface area (Å²) in [6.45, 7) is 5.57. The monoisotopic (exact) mass is 311 g/mol. The number of carboxylic acid groups (broad SMARTS) is 1. The second-order valence-corrected chi connectivity index (χ2v) is 7.90. The second kappa shape index (κ2) is 6.57. The highest BCUT2D eigenvalue weighted by Crippen LogP contribution is 2.40. The lowest BCUT2D eigenvalue weighted by atomic mass is 9.72. The number of carbonyl (C=O) groups is 2. The van der Waals surface area contributed by atoms with Crippen molar-refractivity contribution in [2.24, 2.45) is 16.7 Å². The predicted molar refractivity (Wildman–Crippen MR) is 83.5 cm³/mol. The Labute approximate surface area is 133 Å². The van der Waals surface area contributed by atoms with Crippen molar-refractivity contribution in [1.29, 1.82) is 0 Å². The molecular formula is C17H29NO4. The van der Waals surface area contributed by atoms with E-state index in [0.29, 0.717) is 30.7 Å². The number of nitrogens with zero attached hydrogens (tertiary/aromatic N) is 1. The van der Waals surface area contributed by atoms with E-state index in [9.17, 15) is 14.7 Å². The maximum atomic E-state index is 12.5. The molecule has 0 aromatic heterocycles. The number of aliphatic carboxylic acids is 1. The van der Waals surface area contributed by atoms with Crippen LogP contribution in [0.25, 0.3) is 0 Å². The standard InChI is InChI=1S/C17H29NO4/c1-16(2)6-4-13(5-7-16)10-14(19)18-9-8-17(11-18,12-22-3)15(20)21/h13H,4-12H2,1-3H3,(H,20,21). The van der Waals surface area contributed by atoms with Gasteiger partial charge in [0.05, 0.1) is 6.61 Å². The first-order valence-corrected chi connectivity index (χ1v) is 8.28. The zero-order chi connectivity index (χ0) is 16.4. The van der Waals surface area contributed by atoms with Gasteiger partial charge in [0.2, 0.25) is 5.91 Å². The summed E-state index contributed by atoms with van der Waals surface area (Å²) < 4.78 is 5.07. The van der Waals surface area contributed by atoms with E-state index in [4.69, 9.17) is 4.74 Å². The molecule has 0 spiro atoms. The van der Waals surface area contributed by atoms with Crippen LogP contribution in [0.5, 0.6) is 0 Å². The van der Waals surface area contributed by atoms with Crippen molar-refractivity contribution in [3.05, 3.63) is 0 Å². The molecule has 0 radical (unpaired) electrons. The van der Waals surface area contributed by atoms with Gasteiger partial charge in [0.15, 0.2) is 0 Å². The molecule has 1 saturated carbocycles. The van der Waals surface area contributed by atoms with E-state index in [0.717, 1.165) is 12.8 Å². The lowest BCUT2D eigenvalue weighted by molar-refractivity contribution is -0.151. The van der Waals surface area contributed by atoms with Crippen LogP contribution in [0.2, 0.25) is 0 Å². The number of methoxy groups -OCH3 is 1. The van der Waals surface area contributed by atoms with Gasteiger partial charge in [-0.05, 0) is 43.4 Å². The van der Waals surface area contributed by atoms with E-state index in [2.05, 4.69) is 13.8 Å². The fraction of sp³-hybridized carbons (Fsp3) is 0.882. The van der Waals surface area contributed by atoms with Crippen LogP contribution in [0.4, 0.5) is 0 Å². The molecule has 1 unspecified atom stereocenters. The molecule has 0 aromatic rings. The summed E-state index contributed by atoms with van der Waals surface area (Å²) in [5, 5.41) is 9.46. The third kappa shape index (κ3) is 3.80. The predicted octanol–water partition coefficient (Wildman–Crippen LogP) is 2.54. The van der Waals surface area contributed by atoms with E-state index >= 15 is 0 Å². The summed E-state index contributed by atoms with van der Waals surface area (Å²) in [4.78, 5) is 25.7. The molecule has 2 aliphatic rings. The van der Waals surface area contributed by atoms with E-state index in [-0.39, 0.29) is 19.1 Å². The van der Waals surface area contributed by atoms with Gasteiger partial charge in [-0.3, -0.25) is 9.59 Å². The Morgan fingerprint density at radius 1 is 1.23 bits per heavy atom. The van der Waals surface area contributed by atoms with Gasteiger partial charge in [-0.15, -0.1) is 0 Å². The Morgan fingerprint density at radius 3 is 2.41 bits per heavy atom. The Bertz CT molecular complexity index is 424. The molecule has 1 amide bonds. The minimum absolute atomic E-state index is 0.115. The summed E-state index contributed by atoms with van der Waals surface area (Å²) in [6.07, 6.45) is 5.61. The number of hydrogen-bond donors (Lipinski definition) is 1. The molecule has 0 bridgehead atoms. The van der Waals surface area contributed by atoms with Crippen LogP contribution in [-0.2, 0) is 14.3 Å². The average molecular weight is 311 g/mol. The fourth-order valence-corrected chi connectivity index (χ4v) is 3.75. The van der Waals surface area contributed by atoms with Crippen LogP contribution in [0.3, 0.4) is 0 Å². The Hall–Kier alpha value is -1.10. The second-order valence-electron chi connectivity index (χ2n) is 7.90. The lowest BCUT2D eigenvalue weighted by Crippen LogP contribution is -2.40. The van der Waals surface area contributed by atoms with E-state index < -0.39 is 11.4 Å². The van der Waals surface area contributed by atoms with Crippen LogP contribution in [-0.4, -0.2) is 48.7 Å². The van der Waals surface area contributed by atoms with Gasteiger partial charge in [0.25, 0.3) is 0 Å². The fourth-order valence-electron chi connectivity index (χ4n) is 3.75. The third-order valence-corrected chi connectivity index (χ3v) is 5.50. The first kappa shape index (κ1) is 17.3. The smallest absolute Gasteiger partial charge is 0.313 e. The van der Waals surface area contributed by atoms with Gasteiger partial charge < -0.3 is 14.7 Å². The number of rotatable bonds is 5. The SMILES string of the molecule is COCC1(C(=O)O)CCN(C(=O)CC2CCC(C)(C)CC2)C1. The van der Waals surface area contributed by atoms with E-state index in [1.54, 1.807) is 4.90 Å². The van der Waals surface area contributed by atoms with Gasteiger partial charge in [-0.1, -0.05) is 13.8 Å². The van der Waals surface area contributed by atoms with Crippen molar-refractivity contribution in [2.75, 3.05) is 26.8 Å². The van der Waals surface area contributed by atoms with Crippen molar-refractivity contribution in [3.63, 3.8) is 0 Å². The molecule has 1 heterocycles. The molecule has 1 aliphatic carbocycles. The first-order chi connectivity index (χ1) is 10.3. The van der Waals surface area contributed by atoms with Gasteiger partial charge in [-0.2, -0.15) is 0 Å². The molecule has 2 rings (SSSR count). The van der Waals surface area contributed by atoms with Crippen LogP contribution in [0.1, 0.15) is 52.4 Å². The quantitative estimate of drug-likeness (QED) is 0.847. The maximum absolute atomic E-state index is 12.5. The molecule has 126 valence electrons. The van der Waals surface area contributed by atoms with Crippen molar-refractivity contribution < 1.29 is 19.4 Å². The molecule has 5 nitrogen and oxygen atoms in total. The molecule has 1 saturated heterocycles. The topological polar surface area (TPSA) is 66.8 Å². The molecule has 22 heavy (non-hydrogen) atoms. The minimum atomic E-state index is -0.918. The normalized spacial score (nSPS) is 28.8. The number of carboxylic acids is 1. The summed E-state index contributed by atoms with van der Waals surface area (Å²) in [7, 11) is 1.51. The molecule has 1 N–H and O–H groups in total. The number of amides is 1. The van der Waals surface area contributed by atoms with E-state index in [1.807, 2.05) is 0 Å². The van der Waals surface area contributed by atoms with Gasteiger partial charge in [0.1, 0.15) is 5.41 Å². The zero-order valence-electron chi connectivity index (χ0n) is 14.1. The number of carbonyl (C=O) groups excluding carboxylic acids is 1. The largest absolute Gasteiger partial charge is 0.481 e. The Morgan fingerprint density at radius 2 is 1.86 bits per heavy atom. The molecule has 1 aliphatic heterocycles. The van der Waals surface area contributed by atoms with Crippen molar-refractivity contribution in [3.8, 4) is 0 Å². The first-order valence-electron chi connectivity index (χ1n) is 8.28. The molecule has 1 atom stereocenters. The highest BCUT2D eigenvalue weighted by molar-refractivity contribution is 5.81. The Balaban J connectivity index is 1.88. The zero-order valence-corrected chi connectivity index (χ0v) is 14.1. The van der Waals surface area contributed by atoms with E-state index in [1.165, 1.54) is 20.0 Å². The van der Waals surface area contributed by atoms with Crippen LogP contribution >= 0.6 is 0 Å². The van der Waals surface area contributed by atoms with Crippen LogP contribution in [0, 0.1) is 16.7 Å². The van der Waals surface area contributed by atoms with Crippen molar-refractivity contribution in [1.82, 2.24) is 4.90 Å². The number of hydrogen-bond acceptors (Lipinski definition) is 3. The average Bonchev–Trinajstić information content (AvgIpc) is 2.87. The molecular weight excluding hydrogens is 282 g/mol. The summed E-state index contributed by atoms with van der Waals surface area (Å²) in [6, 6.07) is 0. The number of likely N-dealkylation sites (tertiary alicyclic amines) is 1. The van der Waals surface area contributed by atoms with Gasteiger partial charge >= 0.3 is 5.97 Å². The summed E-state index contributed by atoms with van der Waals surface area (Å²) in [5.41, 5.74) is -0.511. The highest BCUT2D eigenvalue weighted by atomic mass is 16.5. The molecule has 2 fully saturated rings. The molecule has 5 heteroatoms.